The van der Waals surface area contributed by atoms with Gasteiger partial charge in [0.15, 0.2) is 0 Å². The zero-order valence-corrected chi connectivity index (χ0v) is 16.6. The second-order valence-corrected chi connectivity index (χ2v) is 7.04. The summed E-state index contributed by atoms with van der Waals surface area (Å²) in [5, 5.41) is 31.7. The number of aliphatic hydroxyl groups is 2. The van der Waals surface area contributed by atoms with E-state index in [-0.39, 0.29) is 18.2 Å². The molecule has 4 atom stereocenters. The summed E-state index contributed by atoms with van der Waals surface area (Å²) in [4.78, 5) is 7.12. The van der Waals surface area contributed by atoms with Crippen LogP contribution in [0.3, 0.4) is 0 Å². The molecule has 3 N–H and O–H groups in total. The molecule has 1 aromatic carbocycles. The SMILES string of the molecule is COc1cccc(-n2cc([C@@H]3OCC(Nc4nccc(C(F)(F)F)n4)C(O)C3O)nn2)c1. The van der Waals surface area contributed by atoms with Crippen molar-refractivity contribution in [2.75, 3.05) is 19.0 Å². The third-order valence-corrected chi connectivity index (χ3v) is 4.91. The zero-order valence-electron chi connectivity index (χ0n) is 16.6. The number of hydrogen-bond acceptors (Lipinski definition) is 9. The lowest BCUT2D eigenvalue weighted by molar-refractivity contribution is -0.144. The van der Waals surface area contributed by atoms with E-state index in [1.807, 2.05) is 0 Å². The molecule has 32 heavy (non-hydrogen) atoms. The first-order valence-electron chi connectivity index (χ1n) is 9.47. The molecule has 0 bridgehead atoms. The maximum Gasteiger partial charge on any atom is 0.433 e. The molecule has 0 saturated carbocycles. The fourth-order valence-electron chi connectivity index (χ4n) is 3.25. The highest BCUT2D eigenvalue weighted by molar-refractivity contribution is 5.38. The van der Waals surface area contributed by atoms with Crippen molar-refractivity contribution >= 4 is 5.95 Å². The summed E-state index contributed by atoms with van der Waals surface area (Å²) in [7, 11) is 1.54. The van der Waals surface area contributed by atoms with Crippen LogP contribution in [0.4, 0.5) is 19.1 Å². The van der Waals surface area contributed by atoms with E-state index in [0.717, 1.165) is 12.3 Å². The van der Waals surface area contributed by atoms with Gasteiger partial charge in [-0.2, -0.15) is 13.2 Å². The Kier molecular flexibility index (Phi) is 5.95. The van der Waals surface area contributed by atoms with E-state index in [9.17, 15) is 23.4 Å². The molecule has 0 amide bonds. The molecule has 0 radical (unpaired) electrons. The summed E-state index contributed by atoms with van der Waals surface area (Å²) in [6.45, 7) is -0.144. The molecule has 13 heteroatoms. The normalized spacial score (nSPS) is 23.7. The minimum atomic E-state index is -4.64. The Labute approximate surface area is 179 Å². The van der Waals surface area contributed by atoms with E-state index in [4.69, 9.17) is 9.47 Å². The quantitative estimate of drug-likeness (QED) is 0.526. The standard InChI is InChI=1S/C19H19F3N6O4/c1-31-11-4-2-3-10(7-11)28-8-12(26-27-28)17-16(30)15(29)13(9-32-17)24-18-23-6-5-14(25-18)19(20,21)22/h2-8,13,15-17,29-30H,9H2,1H3,(H,23,24,25)/t13?,15?,16?,17-/m0/s1. The van der Waals surface area contributed by atoms with E-state index in [1.54, 1.807) is 30.5 Å². The van der Waals surface area contributed by atoms with Gasteiger partial charge in [0, 0.05) is 12.3 Å². The van der Waals surface area contributed by atoms with E-state index >= 15 is 0 Å². The molecule has 1 aliphatic heterocycles. The van der Waals surface area contributed by atoms with Crippen LogP contribution < -0.4 is 10.1 Å². The Morgan fingerprint density at radius 2 is 2.03 bits per heavy atom. The predicted molar refractivity (Wildman–Crippen MR) is 103 cm³/mol. The molecule has 4 rings (SSSR count). The monoisotopic (exact) mass is 452 g/mol. The van der Waals surface area contributed by atoms with E-state index in [0.29, 0.717) is 11.4 Å². The molecule has 3 aromatic rings. The number of anilines is 1. The predicted octanol–water partition coefficient (Wildman–Crippen LogP) is 1.36. The number of alkyl halides is 3. The van der Waals surface area contributed by atoms with Gasteiger partial charge in [0.1, 0.15) is 35.4 Å². The van der Waals surface area contributed by atoms with Crippen molar-refractivity contribution in [3.05, 3.63) is 54.1 Å². The van der Waals surface area contributed by atoms with Gasteiger partial charge in [-0.3, -0.25) is 0 Å². The van der Waals surface area contributed by atoms with Crippen molar-refractivity contribution in [1.29, 1.82) is 0 Å². The number of benzene rings is 1. The molecule has 3 unspecified atom stereocenters. The summed E-state index contributed by atoms with van der Waals surface area (Å²) >= 11 is 0. The number of methoxy groups -OCH3 is 1. The second-order valence-electron chi connectivity index (χ2n) is 7.04. The van der Waals surface area contributed by atoms with E-state index in [2.05, 4.69) is 25.6 Å². The summed E-state index contributed by atoms with van der Waals surface area (Å²) < 4.78 is 50.8. The average Bonchev–Trinajstić information content (AvgIpc) is 3.27. The van der Waals surface area contributed by atoms with Crippen molar-refractivity contribution in [3.8, 4) is 11.4 Å². The highest BCUT2D eigenvalue weighted by Crippen LogP contribution is 2.30. The fraction of sp³-hybridized carbons (Fsp3) is 0.368. The Morgan fingerprint density at radius 1 is 1.22 bits per heavy atom. The molecule has 170 valence electrons. The Balaban J connectivity index is 1.46. The van der Waals surface area contributed by atoms with Crippen molar-refractivity contribution in [2.45, 2.75) is 30.5 Å². The first-order valence-corrected chi connectivity index (χ1v) is 9.47. The van der Waals surface area contributed by atoms with Crippen LogP contribution in [0.2, 0.25) is 0 Å². The molecule has 2 aromatic heterocycles. The highest BCUT2D eigenvalue weighted by Gasteiger charge is 2.41. The largest absolute Gasteiger partial charge is 0.497 e. The average molecular weight is 452 g/mol. The van der Waals surface area contributed by atoms with Crippen LogP contribution in [-0.4, -0.2) is 67.1 Å². The van der Waals surface area contributed by atoms with Gasteiger partial charge < -0.3 is 25.0 Å². The second kappa shape index (κ2) is 8.68. The number of halogens is 3. The zero-order chi connectivity index (χ0) is 22.9. The van der Waals surface area contributed by atoms with Crippen molar-refractivity contribution in [2.24, 2.45) is 0 Å². The van der Waals surface area contributed by atoms with Crippen molar-refractivity contribution < 1.29 is 32.9 Å². The number of aliphatic hydroxyl groups excluding tert-OH is 2. The van der Waals surface area contributed by atoms with Crippen molar-refractivity contribution in [1.82, 2.24) is 25.0 Å². The smallest absolute Gasteiger partial charge is 0.433 e. The van der Waals surface area contributed by atoms with Crippen LogP contribution in [0.25, 0.3) is 5.69 Å². The molecular formula is C19H19F3N6O4. The lowest BCUT2D eigenvalue weighted by atomic mass is 9.96. The number of aromatic nitrogens is 5. The first-order chi connectivity index (χ1) is 15.3. The van der Waals surface area contributed by atoms with Gasteiger partial charge in [0.2, 0.25) is 5.95 Å². The fourth-order valence-corrected chi connectivity index (χ4v) is 3.25. The Bertz CT molecular complexity index is 1080. The molecular weight excluding hydrogens is 433 g/mol. The summed E-state index contributed by atoms with van der Waals surface area (Å²) in [5.41, 5.74) is -0.197. The van der Waals surface area contributed by atoms with Crippen LogP contribution in [0.5, 0.6) is 5.75 Å². The molecule has 1 aliphatic rings. The van der Waals surface area contributed by atoms with Gasteiger partial charge in [0.25, 0.3) is 0 Å². The van der Waals surface area contributed by atoms with Gasteiger partial charge in [-0.25, -0.2) is 14.6 Å². The third-order valence-electron chi connectivity index (χ3n) is 4.91. The van der Waals surface area contributed by atoms with Crippen LogP contribution >= 0.6 is 0 Å². The number of nitrogens with zero attached hydrogens (tertiary/aromatic N) is 5. The van der Waals surface area contributed by atoms with Gasteiger partial charge in [-0.05, 0) is 18.2 Å². The highest BCUT2D eigenvalue weighted by atomic mass is 19.4. The molecule has 1 saturated heterocycles. The molecule has 0 aliphatic carbocycles. The topological polar surface area (TPSA) is 127 Å². The minimum Gasteiger partial charge on any atom is -0.497 e. The lowest BCUT2D eigenvalue weighted by Crippen LogP contribution is -2.52. The summed E-state index contributed by atoms with van der Waals surface area (Å²) in [6, 6.07) is 6.85. The van der Waals surface area contributed by atoms with Gasteiger partial charge in [-0.15, -0.1) is 5.10 Å². The van der Waals surface area contributed by atoms with Gasteiger partial charge in [-0.1, -0.05) is 11.3 Å². The maximum atomic E-state index is 12.8. The lowest BCUT2D eigenvalue weighted by Gasteiger charge is -2.37. The summed E-state index contributed by atoms with van der Waals surface area (Å²) in [6.07, 6.45) is -5.97. The summed E-state index contributed by atoms with van der Waals surface area (Å²) in [5.74, 6) is 0.275. The van der Waals surface area contributed by atoms with E-state index < -0.39 is 36.2 Å². The number of rotatable bonds is 5. The van der Waals surface area contributed by atoms with Gasteiger partial charge in [0.05, 0.1) is 31.6 Å². The van der Waals surface area contributed by atoms with Crippen LogP contribution in [0.1, 0.15) is 17.5 Å². The molecule has 1 fully saturated rings. The number of ether oxygens (including phenoxy) is 2. The van der Waals surface area contributed by atoms with Crippen LogP contribution in [0.15, 0.2) is 42.7 Å². The van der Waals surface area contributed by atoms with E-state index in [1.165, 1.54) is 11.8 Å². The molecule has 10 nitrogen and oxygen atoms in total. The molecule has 0 spiro atoms. The van der Waals surface area contributed by atoms with Crippen LogP contribution in [-0.2, 0) is 10.9 Å². The number of nitrogens with one attached hydrogen (secondary N) is 1. The Hall–Kier alpha value is -3.29. The van der Waals surface area contributed by atoms with Gasteiger partial charge >= 0.3 is 6.18 Å². The van der Waals surface area contributed by atoms with Crippen molar-refractivity contribution in [3.63, 3.8) is 0 Å². The first kappa shape index (κ1) is 21.9. The minimum absolute atomic E-state index is 0.144. The number of hydrogen-bond donors (Lipinski definition) is 3. The Morgan fingerprint density at radius 3 is 2.78 bits per heavy atom. The third kappa shape index (κ3) is 4.49. The van der Waals surface area contributed by atoms with Crippen LogP contribution in [0, 0.1) is 0 Å². The maximum absolute atomic E-state index is 12.8. The molecule has 3 heterocycles.